The Morgan fingerprint density at radius 1 is 1.12 bits per heavy atom. The minimum Gasteiger partial charge on any atom is -0.466 e. The van der Waals surface area contributed by atoms with Crippen LogP contribution in [0.4, 0.5) is 29.7 Å². The number of ether oxygens (including phenoxy) is 1. The van der Waals surface area contributed by atoms with Crippen molar-refractivity contribution in [1.82, 2.24) is 20.4 Å². The molecule has 4 rings (SSSR count). The first kappa shape index (κ1) is 29.8. The van der Waals surface area contributed by atoms with Crippen molar-refractivity contribution in [3.8, 4) is 0 Å². The SMILES string of the molecule is CNc1ccccc1N1CCN(CCCNC(=O)N2C(=O)NC(C)=C(C(=O)OC)C2c2ccc(F)c(F)c2)[C@@H](C)C1. The molecular formula is C29H36F2N6O4. The first-order valence-electron chi connectivity index (χ1n) is 13.5. The van der Waals surface area contributed by atoms with Gasteiger partial charge in [-0.25, -0.2) is 28.1 Å². The summed E-state index contributed by atoms with van der Waals surface area (Å²) in [5.41, 5.74) is 2.41. The second-order valence-electron chi connectivity index (χ2n) is 10.1. The highest BCUT2D eigenvalue weighted by Crippen LogP contribution is 2.35. The number of imide groups is 1. The predicted molar refractivity (Wildman–Crippen MR) is 151 cm³/mol. The average molecular weight is 571 g/mol. The second kappa shape index (κ2) is 13.0. The Labute approximate surface area is 238 Å². The van der Waals surface area contributed by atoms with E-state index in [0.29, 0.717) is 6.42 Å². The number of rotatable bonds is 8. The number of nitrogens with zero attached hydrogens (tertiary/aromatic N) is 3. The quantitative estimate of drug-likeness (QED) is 0.327. The van der Waals surface area contributed by atoms with E-state index < -0.39 is 35.7 Å². The number of carbonyl (C=O) groups is 3. The molecule has 1 saturated heterocycles. The van der Waals surface area contributed by atoms with E-state index in [1.807, 2.05) is 19.2 Å². The number of esters is 1. The molecule has 2 aromatic carbocycles. The Hall–Kier alpha value is -4.19. The number of allylic oxidation sites excluding steroid dienone is 1. The van der Waals surface area contributed by atoms with Crippen LogP contribution in [0, 0.1) is 11.6 Å². The molecular weight excluding hydrogens is 534 g/mol. The highest BCUT2D eigenvalue weighted by atomic mass is 19.2. The summed E-state index contributed by atoms with van der Waals surface area (Å²) >= 11 is 0. The number of halogens is 2. The summed E-state index contributed by atoms with van der Waals surface area (Å²) in [6.07, 6.45) is 0.618. The molecule has 2 aliphatic rings. The van der Waals surface area contributed by atoms with E-state index >= 15 is 0 Å². The summed E-state index contributed by atoms with van der Waals surface area (Å²) in [6, 6.07) is 8.59. The van der Waals surface area contributed by atoms with E-state index in [-0.39, 0.29) is 29.4 Å². The molecule has 0 aliphatic carbocycles. The van der Waals surface area contributed by atoms with Crippen molar-refractivity contribution in [3.05, 3.63) is 70.9 Å². The number of amides is 4. The molecule has 220 valence electrons. The van der Waals surface area contributed by atoms with E-state index in [2.05, 4.69) is 44.8 Å². The molecule has 0 radical (unpaired) electrons. The van der Waals surface area contributed by atoms with Gasteiger partial charge in [0.15, 0.2) is 11.6 Å². The fourth-order valence-electron chi connectivity index (χ4n) is 5.39. The summed E-state index contributed by atoms with van der Waals surface area (Å²) in [5.74, 6) is -3.06. The molecule has 2 heterocycles. The topological polar surface area (TPSA) is 106 Å². The van der Waals surface area contributed by atoms with Crippen molar-refractivity contribution >= 4 is 29.4 Å². The summed E-state index contributed by atoms with van der Waals surface area (Å²) in [7, 11) is 3.07. The number of methoxy groups -OCH3 is 1. The molecule has 3 N–H and O–H groups in total. The lowest BCUT2D eigenvalue weighted by Gasteiger charge is -2.41. The van der Waals surface area contributed by atoms with Gasteiger partial charge in [0.2, 0.25) is 0 Å². The molecule has 2 atom stereocenters. The van der Waals surface area contributed by atoms with Crippen LogP contribution in [0.2, 0.25) is 0 Å². The lowest BCUT2D eigenvalue weighted by atomic mass is 9.94. The summed E-state index contributed by atoms with van der Waals surface area (Å²) in [6.45, 7) is 7.21. The van der Waals surface area contributed by atoms with Crippen LogP contribution in [0.5, 0.6) is 0 Å². The fourth-order valence-corrected chi connectivity index (χ4v) is 5.39. The average Bonchev–Trinajstić information content (AvgIpc) is 2.96. The van der Waals surface area contributed by atoms with Crippen molar-refractivity contribution in [2.75, 3.05) is 57.1 Å². The zero-order valence-corrected chi connectivity index (χ0v) is 23.7. The van der Waals surface area contributed by atoms with Gasteiger partial charge >= 0.3 is 18.0 Å². The first-order chi connectivity index (χ1) is 19.7. The van der Waals surface area contributed by atoms with Crippen LogP contribution in [0.25, 0.3) is 0 Å². The number of nitrogens with one attached hydrogen (secondary N) is 3. The maximum Gasteiger partial charge on any atom is 0.337 e. The Balaban J connectivity index is 1.40. The highest BCUT2D eigenvalue weighted by molar-refractivity contribution is 6.01. The van der Waals surface area contributed by atoms with E-state index in [1.54, 1.807) is 0 Å². The first-order valence-corrected chi connectivity index (χ1v) is 13.5. The molecule has 4 amide bonds. The molecule has 1 fully saturated rings. The number of hydrogen-bond acceptors (Lipinski definition) is 7. The van der Waals surface area contributed by atoms with Gasteiger partial charge in [-0.3, -0.25) is 4.90 Å². The van der Waals surface area contributed by atoms with Crippen molar-refractivity contribution in [2.45, 2.75) is 32.4 Å². The van der Waals surface area contributed by atoms with Gasteiger partial charge < -0.3 is 25.6 Å². The molecule has 0 spiro atoms. The van der Waals surface area contributed by atoms with Crippen molar-refractivity contribution in [1.29, 1.82) is 0 Å². The lowest BCUT2D eigenvalue weighted by molar-refractivity contribution is -0.136. The van der Waals surface area contributed by atoms with Gasteiger partial charge in [-0.2, -0.15) is 0 Å². The van der Waals surface area contributed by atoms with Crippen LogP contribution in [0.15, 0.2) is 53.7 Å². The van der Waals surface area contributed by atoms with Gasteiger partial charge in [0.1, 0.15) is 6.04 Å². The number of benzene rings is 2. The maximum atomic E-state index is 14.1. The standard InChI is InChI=1S/C29H36F2N6O4/c1-18-17-36(24-9-6-5-8-23(24)32-3)15-14-35(18)13-7-12-33-28(39)37-26(20-10-11-21(30)22(31)16-20)25(27(38)41-4)19(2)34-29(37)40/h5-6,8-11,16,18,26,32H,7,12-15,17H2,1-4H3,(H,33,39)(H,34,40)/t18-,26?/m0/s1. The third-order valence-electron chi connectivity index (χ3n) is 7.51. The van der Waals surface area contributed by atoms with Gasteiger partial charge in [-0.15, -0.1) is 0 Å². The van der Waals surface area contributed by atoms with Crippen LogP contribution in [-0.2, 0) is 9.53 Å². The monoisotopic (exact) mass is 570 g/mol. The number of carbonyl (C=O) groups excluding carboxylic acids is 3. The van der Waals surface area contributed by atoms with E-state index in [9.17, 15) is 23.2 Å². The second-order valence-corrected chi connectivity index (χ2v) is 10.1. The molecule has 2 aromatic rings. The van der Waals surface area contributed by atoms with Crippen molar-refractivity contribution in [2.24, 2.45) is 0 Å². The van der Waals surface area contributed by atoms with Gasteiger partial charge in [-0.05, 0) is 50.1 Å². The van der Waals surface area contributed by atoms with Crippen molar-refractivity contribution in [3.63, 3.8) is 0 Å². The molecule has 2 aliphatic heterocycles. The van der Waals surface area contributed by atoms with Crippen LogP contribution in [0.3, 0.4) is 0 Å². The largest absolute Gasteiger partial charge is 0.466 e. The fraction of sp³-hybridized carbons (Fsp3) is 0.414. The number of piperazine rings is 1. The zero-order chi connectivity index (χ0) is 29.7. The lowest BCUT2D eigenvalue weighted by Crippen LogP contribution is -2.55. The summed E-state index contributed by atoms with van der Waals surface area (Å²) in [4.78, 5) is 44.3. The van der Waals surface area contributed by atoms with Gasteiger partial charge in [0.25, 0.3) is 0 Å². The smallest absolute Gasteiger partial charge is 0.337 e. The minimum atomic E-state index is -1.31. The van der Waals surface area contributed by atoms with Crippen LogP contribution >= 0.6 is 0 Å². The third kappa shape index (κ3) is 6.43. The maximum absolute atomic E-state index is 14.1. The molecule has 12 heteroatoms. The molecule has 0 bridgehead atoms. The number of hydrogen-bond donors (Lipinski definition) is 3. The molecule has 1 unspecified atom stereocenters. The van der Waals surface area contributed by atoms with Gasteiger partial charge in [0, 0.05) is 51.5 Å². The summed E-state index contributed by atoms with van der Waals surface area (Å²) in [5, 5.41) is 8.48. The third-order valence-corrected chi connectivity index (χ3v) is 7.51. The number of para-hydroxylation sites is 2. The van der Waals surface area contributed by atoms with Crippen LogP contribution in [0.1, 0.15) is 31.9 Å². The molecule has 41 heavy (non-hydrogen) atoms. The Bertz CT molecular complexity index is 1340. The Morgan fingerprint density at radius 2 is 1.88 bits per heavy atom. The van der Waals surface area contributed by atoms with Gasteiger partial charge in [-0.1, -0.05) is 18.2 Å². The van der Waals surface area contributed by atoms with E-state index in [0.717, 1.165) is 56.0 Å². The summed E-state index contributed by atoms with van der Waals surface area (Å²) < 4.78 is 32.7. The Kier molecular flexibility index (Phi) is 9.43. The van der Waals surface area contributed by atoms with Gasteiger partial charge in [0.05, 0.1) is 24.1 Å². The number of urea groups is 2. The van der Waals surface area contributed by atoms with E-state index in [4.69, 9.17) is 4.74 Å². The van der Waals surface area contributed by atoms with Crippen LogP contribution in [-0.4, -0.2) is 80.8 Å². The van der Waals surface area contributed by atoms with E-state index in [1.165, 1.54) is 18.7 Å². The minimum absolute atomic E-state index is 0.0557. The Morgan fingerprint density at radius 3 is 2.56 bits per heavy atom. The number of anilines is 2. The molecule has 10 nitrogen and oxygen atoms in total. The van der Waals surface area contributed by atoms with Crippen LogP contribution < -0.4 is 20.9 Å². The zero-order valence-electron chi connectivity index (χ0n) is 23.7. The molecule has 0 aromatic heterocycles. The predicted octanol–water partition coefficient (Wildman–Crippen LogP) is 3.83. The van der Waals surface area contributed by atoms with Crippen molar-refractivity contribution < 1.29 is 27.9 Å². The normalized spacial score (nSPS) is 19.6. The molecule has 0 saturated carbocycles. The highest BCUT2D eigenvalue weighted by Gasteiger charge is 2.42.